The Balaban J connectivity index is 3.41. The maximum atomic E-state index is 13.0. The molecule has 0 spiro atoms. The van der Waals surface area contributed by atoms with Gasteiger partial charge in [-0.05, 0) is 56.5 Å². The van der Waals surface area contributed by atoms with E-state index >= 15 is 0 Å². The zero-order valence-corrected chi connectivity index (χ0v) is 22.6. The molecule has 0 saturated carbocycles. The maximum Gasteiger partial charge on any atom is 0.308 e. The van der Waals surface area contributed by atoms with Crippen LogP contribution in [0.25, 0.3) is 0 Å². The number of carbonyl (C=O) groups excluding carboxylic acids is 2. The molecule has 7 heteroatoms. The molecule has 0 aromatic carbocycles. The number of aliphatic hydroxyl groups is 1. The molecule has 0 aliphatic carbocycles. The predicted octanol–water partition coefficient (Wildman–Crippen LogP) is 5.48. The number of allylic oxidation sites excluding steroid dienone is 2. The fourth-order valence-electron chi connectivity index (χ4n) is 4.35. The monoisotopic (exact) mass is 480 g/mol. The molecule has 33 heavy (non-hydrogen) atoms. The summed E-state index contributed by atoms with van der Waals surface area (Å²) in [7, 11) is -1.99. The third-order valence-corrected chi connectivity index (χ3v) is 11.5. The topological polar surface area (TPSA) is 82.1 Å². The largest absolute Gasteiger partial charge is 0.457 e. The van der Waals surface area contributed by atoms with Crippen LogP contribution in [0.15, 0.2) is 36.5 Å². The molecular formula is C26H44O6Si. The van der Waals surface area contributed by atoms with Gasteiger partial charge in [-0.25, -0.2) is 0 Å². The summed E-state index contributed by atoms with van der Waals surface area (Å²) in [5.74, 6) is -0.976. The molecule has 0 saturated heterocycles. The Kier molecular flexibility index (Phi) is 11.8. The number of ether oxygens (including phenoxy) is 2. The van der Waals surface area contributed by atoms with Gasteiger partial charge in [0, 0.05) is 12.8 Å². The van der Waals surface area contributed by atoms with E-state index in [2.05, 4.69) is 27.4 Å². The Hall–Kier alpha value is -1.70. The van der Waals surface area contributed by atoms with Crippen LogP contribution in [0, 0.1) is 5.92 Å². The van der Waals surface area contributed by atoms with Gasteiger partial charge in [-0.15, -0.1) is 0 Å². The zero-order chi connectivity index (χ0) is 25.2. The Morgan fingerprint density at radius 1 is 1.27 bits per heavy atom. The van der Waals surface area contributed by atoms with Gasteiger partial charge in [0.15, 0.2) is 8.32 Å². The highest BCUT2D eigenvalue weighted by Gasteiger charge is 2.38. The number of cyclic esters (lactones) is 1. The van der Waals surface area contributed by atoms with Crippen molar-refractivity contribution in [3.8, 4) is 0 Å². The van der Waals surface area contributed by atoms with Crippen molar-refractivity contribution in [3.63, 3.8) is 0 Å². The van der Waals surface area contributed by atoms with Crippen molar-refractivity contribution in [1.82, 2.24) is 0 Å². The second kappa shape index (κ2) is 13.3. The predicted molar refractivity (Wildman–Crippen MR) is 134 cm³/mol. The van der Waals surface area contributed by atoms with Crippen LogP contribution in [0.4, 0.5) is 0 Å². The summed E-state index contributed by atoms with van der Waals surface area (Å²) in [4.78, 5) is 24.7. The summed E-state index contributed by atoms with van der Waals surface area (Å²) in [5.41, 5.74) is -0.441. The molecule has 0 fully saturated rings. The second-order valence-electron chi connectivity index (χ2n) is 9.41. The first-order valence-corrected chi connectivity index (χ1v) is 14.7. The first kappa shape index (κ1) is 29.3. The maximum absolute atomic E-state index is 13.0. The Morgan fingerprint density at radius 3 is 2.39 bits per heavy atom. The van der Waals surface area contributed by atoms with Crippen LogP contribution in [0.1, 0.15) is 67.7 Å². The highest BCUT2D eigenvalue weighted by Crippen LogP contribution is 2.31. The summed E-state index contributed by atoms with van der Waals surface area (Å²) in [6.45, 7) is 17.0. The van der Waals surface area contributed by atoms with E-state index in [1.807, 2.05) is 26.0 Å². The summed E-state index contributed by atoms with van der Waals surface area (Å²) < 4.78 is 18.1. The van der Waals surface area contributed by atoms with Gasteiger partial charge in [-0.2, -0.15) is 0 Å². The summed E-state index contributed by atoms with van der Waals surface area (Å²) in [6, 6.07) is 2.88. The van der Waals surface area contributed by atoms with Gasteiger partial charge in [-0.3, -0.25) is 9.59 Å². The molecule has 1 N–H and O–H groups in total. The number of hydrogen-bond acceptors (Lipinski definition) is 6. The lowest BCUT2D eigenvalue weighted by Gasteiger charge is -2.36. The third-order valence-electron chi connectivity index (χ3n) is 6.78. The lowest BCUT2D eigenvalue weighted by atomic mass is 9.89. The van der Waals surface area contributed by atoms with E-state index in [1.165, 1.54) is 6.92 Å². The molecule has 1 rings (SSSR count). The molecule has 1 aliphatic rings. The van der Waals surface area contributed by atoms with Gasteiger partial charge >= 0.3 is 11.9 Å². The van der Waals surface area contributed by atoms with E-state index in [0.717, 1.165) is 23.7 Å². The fourth-order valence-corrected chi connectivity index (χ4v) is 7.26. The van der Waals surface area contributed by atoms with Crippen molar-refractivity contribution in [2.45, 2.75) is 110 Å². The van der Waals surface area contributed by atoms with Crippen molar-refractivity contribution in [3.05, 3.63) is 36.5 Å². The van der Waals surface area contributed by atoms with Gasteiger partial charge in [0.05, 0.1) is 12.5 Å². The normalized spacial score (nSPS) is 30.1. The minimum Gasteiger partial charge on any atom is -0.457 e. The summed E-state index contributed by atoms with van der Waals surface area (Å²) in [6.07, 6.45) is 6.25. The van der Waals surface area contributed by atoms with Gasteiger partial charge in [0.2, 0.25) is 0 Å². The Morgan fingerprint density at radius 2 is 1.88 bits per heavy atom. The van der Waals surface area contributed by atoms with Crippen LogP contribution in [0.2, 0.25) is 18.1 Å². The highest BCUT2D eigenvalue weighted by atomic mass is 28.4. The molecule has 5 atom stereocenters. The molecule has 0 aromatic rings. The molecule has 0 amide bonds. The lowest BCUT2D eigenvalue weighted by Crippen LogP contribution is -2.45. The Bertz CT molecular complexity index is 714. The van der Waals surface area contributed by atoms with Crippen molar-refractivity contribution >= 4 is 20.3 Å². The average Bonchev–Trinajstić information content (AvgIpc) is 2.76. The molecule has 188 valence electrons. The van der Waals surface area contributed by atoms with Crippen LogP contribution < -0.4 is 0 Å². The van der Waals surface area contributed by atoms with E-state index in [4.69, 9.17) is 13.9 Å². The van der Waals surface area contributed by atoms with Crippen LogP contribution >= 0.6 is 0 Å². The summed E-state index contributed by atoms with van der Waals surface area (Å²) >= 11 is 0. The van der Waals surface area contributed by atoms with E-state index < -0.39 is 32.1 Å². The van der Waals surface area contributed by atoms with Crippen LogP contribution in [-0.2, 0) is 23.5 Å². The molecule has 0 radical (unpaired) electrons. The van der Waals surface area contributed by atoms with E-state index in [9.17, 15) is 14.7 Å². The number of esters is 2. The minimum atomic E-state index is -1.99. The first-order chi connectivity index (χ1) is 15.4. The van der Waals surface area contributed by atoms with Gasteiger partial charge in [0.25, 0.3) is 0 Å². The van der Waals surface area contributed by atoms with Crippen molar-refractivity contribution < 1.29 is 28.6 Å². The fraction of sp³-hybridized carbons (Fsp3) is 0.692. The van der Waals surface area contributed by atoms with Crippen LogP contribution in [-0.4, -0.2) is 49.3 Å². The second-order valence-corrected chi connectivity index (χ2v) is 14.1. The number of rotatable bonds is 8. The quantitative estimate of drug-likeness (QED) is 0.214. The van der Waals surface area contributed by atoms with Crippen molar-refractivity contribution in [2.75, 3.05) is 0 Å². The molecule has 1 aliphatic heterocycles. The standard InChI is InChI=1S/C26H44O6Si/c1-9-13-19(5)25-20(6)14-15-23(30-21(7)27)26(8,29)17-16-22(18-24(28)31-25)32-33(10-2,11-3)12-4/h9,13-15,20,22-23,25,29H,1,10-12,16-18H2,2-8H3. The number of hydrogen-bond donors (Lipinski definition) is 1. The molecule has 6 nitrogen and oxygen atoms in total. The smallest absolute Gasteiger partial charge is 0.308 e. The SMILES string of the molecule is C=CC=C(C)C1OC(=O)CC(O[Si](CC)(CC)CC)CCC(C)(O)C(OC(C)=O)C=CC1C. The molecule has 0 aromatic heterocycles. The molecule has 1 heterocycles. The van der Waals surface area contributed by atoms with Gasteiger partial charge < -0.3 is 19.0 Å². The van der Waals surface area contributed by atoms with Gasteiger partial charge in [0.1, 0.15) is 17.8 Å². The van der Waals surface area contributed by atoms with Crippen LogP contribution in [0.5, 0.6) is 0 Å². The van der Waals surface area contributed by atoms with Crippen molar-refractivity contribution in [1.29, 1.82) is 0 Å². The Labute approximate surface area is 201 Å². The minimum absolute atomic E-state index is 0.122. The lowest BCUT2D eigenvalue weighted by molar-refractivity contribution is -0.157. The van der Waals surface area contributed by atoms with Crippen molar-refractivity contribution in [2.24, 2.45) is 5.92 Å². The molecule has 5 unspecified atom stereocenters. The van der Waals surface area contributed by atoms with Crippen LogP contribution in [0.3, 0.4) is 0 Å². The van der Waals surface area contributed by atoms with Gasteiger partial charge in [-0.1, -0.05) is 52.5 Å². The molecule has 0 bridgehead atoms. The zero-order valence-electron chi connectivity index (χ0n) is 21.6. The highest BCUT2D eigenvalue weighted by molar-refractivity contribution is 6.73. The average molecular weight is 481 g/mol. The first-order valence-electron chi connectivity index (χ1n) is 12.2. The van der Waals surface area contributed by atoms with E-state index in [-0.39, 0.29) is 24.4 Å². The van der Waals surface area contributed by atoms with E-state index in [1.54, 1.807) is 19.1 Å². The molecular weight excluding hydrogens is 436 g/mol. The third kappa shape index (κ3) is 8.87. The van der Waals surface area contributed by atoms with E-state index in [0.29, 0.717) is 12.8 Å². The summed E-state index contributed by atoms with van der Waals surface area (Å²) in [5, 5.41) is 11.3. The number of carbonyl (C=O) groups is 2.